The average Bonchev–Trinajstić information content (AvgIpc) is 2.36. The molecular formula is C14H10Cl2FNO. The van der Waals surface area contributed by atoms with Crippen LogP contribution in [0.5, 0.6) is 0 Å². The van der Waals surface area contributed by atoms with Crippen molar-refractivity contribution in [1.82, 2.24) is 0 Å². The van der Waals surface area contributed by atoms with Crippen LogP contribution in [-0.2, 0) is 0 Å². The van der Waals surface area contributed by atoms with E-state index < -0.39 is 5.82 Å². The molecular weight excluding hydrogens is 288 g/mol. The third-order valence-electron chi connectivity index (χ3n) is 2.79. The molecule has 0 spiro atoms. The smallest absolute Gasteiger partial charge is 0.196 e. The van der Waals surface area contributed by atoms with Gasteiger partial charge >= 0.3 is 0 Å². The fraction of sp³-hybridized carbons (Fsp3) is 0.0714. The molecule has 2 aromatic carbocycles. The Morgan fingerprint density at radius 3 is 2.53 bits per heavy atom. The topological polar surface area (TPSA) is 43.1 Å². The van der Waals surface area contributed by atoms with Gasteiger partial charge in [-0.15, -0.1) is 0 Å². The van der Waals surface area contributed by atoms with Crippen molar-refractivity contribution < 1.29 is 9.18 Å². The maximum absolute atomic E-state index is 13.3. The zero-order valence-electron chi connectivity index (χ0n) is 10.0. The van der Waals surface area contributed by atoms with Crippen LogP contribution < -0.4 is 5.73 Å². The van der Waals surface area contributed by atoms with E-state index in [9.17, 15) is 9.18 Å². The summed E-state index contributed by atoms with van der Waals surface area (Å²) in [5.41, 5.74) is 6.75. The molecule has 0 fully saturated rings. The predicted molar refractivity (Wildman–Crippen MR) is 75.4 cm³/mol. The van der Waals surface area contributed by atoms with Crippen molar-refractivity contribution in [2.75, 3.05) is 5.73 Å². The van der Waals surface area contributed by atoms with Gasteiger partial charge in [-0.2, -0.15) is 0 Å². The lowest BCUT2D eigenvalue weighted by Gasteiger charge is -2.09. The van der Waals surface area contributed by atoms with Crippen molar-refractivity contribution in [3.63, 3.8) is 0 Å². The van der Waals surface area contributed by atoms with E-state index in [1.54, 1.807) is 25.1 Å². The van der Waals surface area contributed by atoms with Crippen molar-refractivity contribution in [3.05, 3.63) is 62.9 Å². The molecule has 0 aliphatic heterocycles. The molecule has 5 heteroatoms. The van der Waals surface area contributed by atoms with E-state index >= 15 is 0 Å². The molecule has 2 aromatic rings. The van der Waals surface area contributed by atoms with Crippen molar-refractivity contribution in [1.29, 1.82) is 0 Å². The monoisotopic (exact) mass is 297 g/mol. The van der Waals surface area contributed by atoms with Gasteiger partial charge in [0.05, 0.1) is 15.7 Å². The second-order valence-electron chi connectivity index (χ2n) is 4.11. The Morgan fingerprint density at radius 1 is 1.16 bits per heavy atom. The third kappa shape index (κ3) is 2.57. The van der Waals surface area contributed by atoms with Crippen LogP contribution in [0.15, 0.2) is 30.3 Å². The quantitative estimate of drug-likeness (QED) is 0.665. The van der Waals surface area contributed by atoms with Gasteiger partial charge in [-0.1, -0.05) is 29.3 Å². The molecule has 0 aromatic heterocycles. The van der Waals surface area contributed by atoms with Gasteiger partial charge in [0, 0.05) is 11.1 Å². The molecule has 98 valence electrons. The molecule has 0 heterocycles. The number of hydrogen-bond acceptors (Lipinski definition) is 2. The molecule has 0 radical (unpaired) electrons. The average molecular weight is 298 g/mol. The van der Waals surface area contributed by atoms with Crippen LogP contribution in [0.2, 0.25) is 10.0 Å². The highest BCUT2D eigenvalue weighted by molar-refractivity contribution is 6.37. The van der Waals surface area contributed by atoms with E-state index in [1.807, 2.05) is 0 Å². The number of rotatable bonds is 2. The molecule has 0 aliphatic carbocycles. The minimum Gasteiger partial charge on any atom is -0.397 e. The van der Waals surface area contributed by atoms with Crippen LogP contribution >= 0.6 is 23.2 Å². The highest BCUT2D eigenvalue weighted by Gasteiger charge is 2.18. The van der Waals surface area contributed by atoms with Gasteiger partial charge in [0.15, 0.2) is 5.78 Å². The molecule has 0 amide bonds. The number of benzene rings is 2. The molecule has 0 saturated carbocycles. The molecule has 0 saturated heterocycles. The number of carbonyl (C=O) groups is 1. The van der Waals surface area contributed by atoms with Crippen molar-refractivity contribution in [2.45, 2.75) is 6.92 Å². The molecule has 19 heavy (non-hydrogen) atoms. The Labute approximate surface area is 119 Å². The second kappa shape index (κ2) is 5.19. The van der Waals surface area contributed by atoms with E-state index in [0.717, 1.165) is 6.07 Å². The molecule has 0 bridgehead atoms. The fourth-order valence-corrected chi connectivity index (χ4v) is 2.12. The number of hydrogen-bond donors (Lipinski definition) is 1. The lowest BCUT2D eigenvalue weighted by atomic mass is 10.00. The van der Waals surface area contributed by atoms with Gasteiger partial charge in [0.1, 0.15) is 5.82 Å². The van der Waals surface area contributed by atoms with Gasteiger partial charge in [-0.25, -0.2) is 4.39 Å². The Hall–Kier alpha value is -1.58. The Morgan fingerprint density at radius 2 is 1.84 bits per heavy atom. The van der Waals surface area contributed by atoms with Crippen molar-refractivity contribution in [3.8, 4) is 0 Å². The molecule has 2 nitrogen and oxygen atoms in total. The first kappa shape index (κ1) is 13.8. The highest BCUT2D eigenvalue weighted by atomic mass is 35.5. The molecule has 2 N–H and O–H groups in total. The Balaban J connectivity index is 2.56. The summed E-state index contributed by atoms with van der Waals surface area (Å²) in [7, 11) is 0. The van der Waals surface area contributed by atoms with Gasteiger partial charge in [0.2, 0.25) is 0 Å². The van der Waals surface area contributed by atoms with Crippen LogP contribution in [0, 0.1) is 12.7 Å². The molecule has 0 atom stereocenters. The van der Waals surface area contributed by atoms with Crippen LogP contribution in [0.25, 0.3) is 0 Å². The minimum atomic E-state index is -0.458. The number of nitrogen functional groups attached to an aromatic ring is 1. The van der Waals surface area contributed by atoms with E-state index in [-0.39, 0.29) is 27.6 Å². The Kier molecular flexibility index (Phi) is 3.78. The second-order valence-corrected chi connectivity index (χ2v) is 4.93. The van der Waals surface area contributed by atoms with E-state index in [2.05, 4.69) is 0 Å². The zero-order chi connectivity index (χ0) is 14.2. The first-order valence-electron chi connectivity index (χ1n) is 5.46. The number of halogens is 3. The van der Waals surface area contributed by atoms with Crippen LogP contribution in [0.3, 0.4) is 0 Å². The zero-order valence-corrected chi connectivity index (χ0v) is 11.5. The van der Waals surface area contributed by atoms with Gasteiger partial charge in [-0.05, 0) is 36.8 Å². The number of aryl methyl sites for hydroxylation is 1. The number of carbonyl (C=O) groups excluding carboxylic acids is 1. The van der Waals surface area contributed by atoms with Crippen LogP contribution in [0.4, 0.5) is 10.1 Å². The van der Waals surface area contributed by atoms with Gasteiger partial charge in [0.25, 0.3) is 0 Å². The summed E-state index contributed by atoms with van der Waals surface area (Å²) in [5.74, 6) is -0.839. The minimum absolute atomic E-state index is 0.0486. The molecule has 0 aliphatic rings. The first-order valence-corrected chi connectivity index (χ1v) is 6.21. The number of nitrogens with two attached hydrogens (primary N) is 1. The standard InChI is InChI=1S/C14H10Cl2FNO/c1-7-5-9(11(16)6-12(7)17)14(19)8-3-2-4-10(15)13(8)18/h2-6H,18H2,1H3. The number of ketones is 1. The number of para-hydroxylation sites is 1. The highest BCUT2D eigenvalue weighted by Crippen LogP contribution is 2.28. The normalized spacial score (nSPS) is 10.5. The summed E-state index contributed by atoms with van der Waals surface area (Å²) in [6.45, 7) is 1.56. The maximum Gasteiger partial charge on any atom is 0.196 e. The van der Waals surface area contributed by atoms with Gasteiger partial charge in [-0.3, -0.25) is 4.79 Å². The summed E-state index contributed by atoms with van der Waals surface area (Å²) in [6.07, 6.45) is 0. The third-order valence-corrected chi connectivity index (χ3v) is 3.43. The molecule has 2 rings (SSSR count). The van der Waals surface area contributed by atoms with E-state index in [4.69, 9.17) is 28.9 Å². The van der Waals surface area contributed by atoms with Crippen LogP contribution in [0.1, 0.15) is 21.5 Å². The lowest BCUT2D eigenvalue weighted by Crippen LogP contribution is -2.07. The van der Waals surface area contributed by atoms with Gasteiger partial charge < -0.3 is 5.73 Å². The van der Waals surface area contributed by atoms with Crippen molar-refractivity contribution in [2.24, 2.45) is 0 Å². The molecule has 0 unspecified atom stereocenters. The fourth-order valence-electron chi connectivity index (χ4n) is 1.71. The largest absolute Gasteiger partial charge is 0.397 e. The SMILES string of the molecule is Cc1cc(C(=O)c2cccc(Cl)c2N)c(Cl)cc1F. The predicted octanol–water partition coefficient (Wildman–Crippen LogP) is 4.25. The Bertz CT molecular complexity index is 671. The summed E-state index contributed by atoms with van der Waals surface area (Å²) in [4.78, 5) is 12.4. The first-order chi connectivity index (χ1) is 8.91. The van der Waals surface area contributed by atoms with E-state index in [1.165, 1.54) is 6.07 Å². The number of anilines is 1. The summed E-state index contributed by atoms with van der Waals surface area (Å²) >= 11 is 11.8. The lowest BCUT2D eigenvalue weighted by molar-refractivity contribution is 0.103. The van der Waals surface area contributed by atoms with E-state index in [0.29, 0.717) is 10.6 Å². The summed E-state index contributed by atoms with van der Waals surface area (Å²) in [6, 6.07) is 7.28. The van der Waals surface area contributed by atoms with Crippen LogP contribution in [-0.4, -0.2) is 5.78 Å². The maximum atomic E-state index is 13.3. The van der Waals surface area contributed by atoms with Crippen molar-refractivity contribution >= 4 is 34.7 Å². The summed E-state index contributed by atoms with van der Waals surface area (Å²) in [5, 5.41) is 0.341. The summed E-state index contributed by atoms with van der Waals surface area (Å²) < 4.78 is 13.3.